The van der Waals surface area contributed by atoms with Crippen LogP contribution in [0.25, 0.3) is 0 Å². The number of carbonyl (C=O) groups is 1. The Morgan fingerprint density at radius 1 is 1.38 bits per heavy atom. The quantitative estimate of drug-likeness (QED) is 0.687. The maximum atomic E-state index is 11.8. The monoisotopic (exact) mass is 322 g/mol. The lowest BCUT2D eigenvalue weighted by Crippen LogP contribution is -2.16. The van der Waals surface area contributed by atoms with Crippen molar-refractivity contribution in [1.82, 2.24) is 5.32 Å². The molecule has 0 aliphatic carbocycles. The second kappa shape index (κ2) is 11.4. The number of alkyl halides is 2. The van der Waals surface area contributed by atoms with Crippen LogP contribution in [0.4, 0.5) is 14.5 Å². The number of halogens is 3. The third-order valence-corrected chi connectivity index (χ3v) is 2.51. The molecule has 4 nitrogen and oxygen atoms in total. The van der Waals surface area contributed by atoms with E-state index in [1.165, 1.54) is 0 Å². The maximum absolute atomic E-state index is 11.8. The van der Waals surface area contributed by atoms with Gasteiger partial charge in [0.25, 0.3) is 6.43 Å². The molecule has 0 saturated carbocycles. The summed E-state index contributed by atoms with van der Waals surface area (Å²) in [6.45, 7) is 2.99. The normalized spacial score (nSPS) is 10.3. The van der Waals surface area contributed by atoms with E-state index in [9.17, 15) is 13.6 Å². The largest absolute Gasteiger partial charge is 0.375 e. The Morgan fingerprint density at radius 2 is 2.14 bits per heavy atom. The average Bonchev–Trinajstić information content (AvgIpc) is 2.41. The molecule has 0 aromatic heterocycles. The van der Waals surface area contributed by atoms with Crippen molar-refractivity contribution in [3.05, 3.63) is 29.8 Å². The predicted octanol–water partition coefficient (Wildman–Crippen LogP) is 2.83. The Kier molecular flexibility index (Phi) is 10.7. The summed E-state index contributed by atoms with van der Waals surface area (Å²) in [7, 11) is 0. The van der Waals surface area contributed by atoms with Gasteiger partial charge in [-0.15, -0.1) is 12.4 Å². The van der Waals surface area contributed by atoms with Crippen LogP contribution in [0.15, 0.2) is 24.3 Å². The van der Waals surface area contributed by atoms with Gasteiger partial charge in [0, 0.05) is 12.2 Å². The third-order valence-electron chi connectivity index (χ3n) is 2.51. The number of hydrogen-bond donors (Lipinski definition) is 2. The number of nitrogens with one attached hydrogen (secondary N) is 2. The molecule has 1 amide bonds. The molecule has 0 aliphatic rings. The van der Waals surface area contributed by atoms with Crippen molar-refractivity contribution < 1.29 is 18.3 Å². The lowest BCUT2D eigenvalue weighted by atomic mass is 10.2. The highest BCUT2D eigenvalue weighted by Gasteiger charge is 2.05. The molecule has 0 aliphatic heterocycles. The van der Waals surface area contributed by atoms with E-state index in [2.05, 4.69) is 15.4 Å². The lowest BCUT2D eigenvalue weighted by Gasteiger charge is -2.08. The maximum Gasteiger partial charge on any atom is 0.261 e. The van der Waals surface area contributed by atoms with E-state index >= 15 is 0 Å². The SMILES string of the molecule is CCNCc1cccc(NC(=O)CCOCC(F)F)c1.Cl. The molecule has 1 aromatic rings. The van der Waals surface area contributed by atoms with Crippen molar-refractivity contribution in [2.45, 2.75) is 26.3 Å². The number of amides is 1. The fourth-order valence-electron chi connectivity index (χ4n) is 1.59. The first-order valence-corrected chi connectivity index (χ1v) is 6.57. The van der Waals surface area contributed by atoms with Crippen molar-refractivity contribution in [3.63, 3.8) is 0 Å². The number of benzene rings is 1. The van der Waals surface area contributed by atoms with Crippen molar-refractivity contribution >= 4 is 24.0 Å². The molecule has 120 valence electrons. The Hall–Kier alpha value is -1.24. The second-order valence-electron chi connectivity index (χ2n) is 4.24. The van der Waals surface area contributed by atoms with Gasteiger partial charge in [0.05, 0.1) is 13.0 Å². The zero-order chi connectivity index (χ0) is 14.8. The highest BCUT2D eigenvalue weighted by molar-refractivity contribution is 5.90. The third kappa shape index (κ3) is 9.33. The molecule has 7 heteroatoms. The average molecular weight is 323 g/mol. The van der Waals surface area contributed by atoms with Crippen molar-refractivity contribution in [1.29, 1.82) is 0 Å². The van der Waals surface area contributed by atoms with Gasteiger partial charge in [0.15, 0.2) is 0 Å². The van der Waals surface area contributed by atoms with Crippen LogP contribution in [0.2, 0.25) is 0 Å². The van der Waals surface area contributed by atoms with Crippen LogP contribution in [0, 0.1) is 0 Å². The first kappa shape index (κ1) is 19.8. The molecule has 0 spiro atoms. The van der Waals surface area contributed by atoms with Crippen LogP contribution in [0.3, 0.4) is 0 Å². The van der Waals surface area contributed by atoms with Crippen LogP contribution in [-0.4, -0.2) is 32.1 Å². The van der Waals surface area contributed by atoms with Crippen molar-refractivity contribution in [3.8, 4) is 0 Å². The van der Waals surface area contributed by atoms with Gasteiger partial charge in [-0.25, -0.2) is 8.78 Å². The topological polar surface area (TPSA) is 50.4 Å². The number of rotatable bonds is 9. The molecular formula is C14H21ClF2N2O2. The van der Waals surface area contributed by atoms with Gasteiger partial charge < -0.3 is 15.4 Å². The summed E-state index contributed by atoms with van der Waals surface area (Å²) in [5.41, 5.74) is 1.76. The molecule has 21 heavy (non-hydrogen) atoms. The van der Waals surface area contributed by atoms with Gasteiger partial charge in [-0.2, -0.15) is 0 Å². The molecule has 2 N–H and O–H groups in total. The van der Waals surface area contributed by atoms with E-state index in [4.69, 9.17) is 0 Å². The highest BCUT2D eigenvalue weighted by Crippen LogP contribution is 2.11. The van der Waals surface area contributed by atoms with Gasteiger partial charge in [-0.05, 0) is 24.2 Å². The zero-order valence-corrected chi connectivity index (χ0v) is 12.7. The van der Waals surface area contributed by atoms with E-state index in [1.54, 1.807) is 6.07 Å². The molecule has 0 radical (unpaired) electrons. The smallest absolute Gasteiger partial charge is 0.261 e. The van der Waals surface area contributed by atoms with Crippen LogP contribution >= 0.6 is 12.4 Å². The molecule has 1 aromatic carbocycles. The van der Waals surface area contributed by atoms with Crippen LogP contribution in [0.1, 0.15) is 18.9 Å². The second-order valence-corrected chi connectivity index (χ2v) is 4.24. The van der Waals surface area contributed by atoms with E-state index in [1.807, 2.05) is 25.1 Å². The number of ether oxygens (including phenoxy) is 1. The van der Waals surface area contributed by atoms with E-state index in [0.717, 1.165) is 18.7 Å². The standard InChI is InChI=1S/C14H20F2N2O2.ClH/c1-2-17-9-11-4-3-5-12(8-11)18-14(19)6-7-20-10-13(15)16;/h3-5,8,13,17H,2,6-7,9-10H2,1H3,(H,18,19);1H. The van der Waals surface area contributed by atoms with Gasteiger partial charge in [-0.3, -0.25) is 4.79 Å². The summed E-state index contributed by atoms with van der Waals surface area (Å²) in [5.74, 6) is -0.250. The van der Waals surface area contributed by atoms with Crippen LogP contribution in [-0.2, 0) is 16.1 Å². The van der Waals surface area contributed by atoms with Crippen LogP contribution in [0.5, 0.6) is 0 Å². The first-order valence-electron chi connectivity index (χ1n) is 6.57. The van der Waals surface area contributed by atoms with E-state index < -0.39 is 13.0 Å². The molecule has 0 unspecified atom stereocenters. The zero-order valence-electron chi connectivity index (χ0n) is 11.9. The van der Waals surface area contributed by atoms with Gasteiger partial charge in [0.2, 0.25) is 5.91 Å². The highest BCUT2D eigenvalue weighted by atomic mass is 35.5. The Morgan fingerprint density at radius 3 is 2.81 bits per heavy atom. The Balaban J connectivity index is 0.00000400. The fourth-order valence-corrected chi connectivity index (χ4v) is 1.59. The number of carbonyl (C=O) groups excluding carboxylic acids is 1. The molecule has 0 bridgehead atoms. The summed E-state index contributed by atoms with van der Waals surface area (Å²) in [4.78, 5) is 11.6. The minimum atomic E-state index is -2.50. The summed E-state index contributed by atoms with van der Waals surface area (Å²) in [6.07, 6.45) is -2.44. The molecule has 0 heterocycles. The Labute approximate surface area is 129 Å². The van der Waals surface area contributed by atoms with Crippen molar-refractivity contribution in [2.24, 2.45) is 0 Å². The predicted molar refractivity (Wildman–Crippen MR) is 81.1 cm³/mol. The minimum Gasteiger partial charge on any atom is -0.375 e. The van der Waals surface area contributed by atoms with Gasteiger partial charge >= 0.3 is 0 Å². The summed E-state index contributed by atoms with van der Waals surface area (Å²) >= 11 is 0. The molecule has 0 saturated heterocycles. The lowest BCUT2D eigenvalue weighted by molar-refractivity contribution is -0.117. The fraction of sp³-hybridized carbons (Fsp3) is 0.500. The number of hydrogen-bond acceptors (Lipinski definition) is 3. The number of anilines is 1. The van der Waals surface area contributed by atoms with Crippen molar-refractivity contribution in [2.75, 3.05) is 25.1 Å². The summed E-state index contributed by atoms with van der Waals surface area (Å²) in [6, 6.07) is 7.48. The molecular weight excluding hydrogens is 302 g/mol. The summed E-state index contributed by atoms with van der Waals surface area (Å²) in [5, 5.41) is 5.91. The minimum absolute atomic E-state index is 0. The first-order chi connectivity index (χ1) is 9.61. The Bertz CT molecular complexity index is 420. The van der Waals surface area contributed by atoms with E-state index in [0.29, 0.717) is 5.69 Å². The summed E-state index contributed by atoms with van der Waals surface area (Å²) < 4.78 is 28.3. The van der Waals surface area contributed by atoms with Crippen LogP contribution < -0.4 is 10.6 Å². The van der Waals surface area contributed by atoms with E-state index in [-0.39, 0.29) is 31.3 Å². The molecule has 1 rings (SSSR count). The van der Waals surface area contributed by atoms with Gasteiger partial charge in [0.1, 0.15) is 6.61 Å². The molecule has 0 atom stereocenters. The molecule has 0 fully saturated rings. The van der Waals surface area contributed by atoms with Gasteiger partial charge in [-0.1, -0.05) is 19.1 Å².